The minimum Gasteiger partial charge on any atom is -0.492 e. The van der Waals surface area contributed by atoms with Crippen LogP contribution in [0.25, 0.3) is 0 Å². The molecule has 17 heavy (non-hydrogen) atoms. The molecule has 0 aliphatic rings. The number of nitrogens with zero attached hydrogens (tertiary/aromatic N) is 1. The lowest BCUT2D eigenvalue weighted by molar-refractivity contribution is -0.384. The average Bonchev–Trinajstić information content (AvgIpc) is 2.18. The lowest BCUT2D eigenvalue weighted by Crippen LogP contribution is -2.12. The second kappa shape index (κ2) is 4.97. The fourth-order valence-electron chi connectivity index (χ4n) is 1.04. The summed E-state index contributed by atoms with van der Waals surface area (Å²) in [5, 5.41) is 10.5. The van der Waals surface area contributed by atoms with Crippen LogP contribution < -0.4 is 10.5 Å². The van der Waals surface area contributed by atoms with Crippen molar-refractivity contribution in [3.8, 4) is 5.75 Å². The number of ether oxygens (including phenoxy) is 1. The van der Waals surface area contributed by atoms with Gasteiger partial charge in [-0.25, -0.2) is 0 Å². The third-order valence-corrected chi connectivity index (χ3v) is 2.49. The molecule has 0 aliphatic heterocycles. The van der Waals surface area contributed by atoms with E-state index in [1.54, 1.807) is 0 Å². The quantitative estimate of drug-likeness (QED) is 0.340. The maximum absolute atomic E-state index is 10.5. The molecule has 0 saturated heterocycles. The van der Waals surface area contributed by atoms with Crippen LogP contribution in [-0.4, -0.2) is 30.3 Å². The number of benzene rings is 1. The van der Waals surface area contributed by atoms with E-state index in [1.807, 2.05) is 0 Å². The molecule has 0 aliphatic carbocycles. The van der Waals surface area contributed by atoms with Gasteiger partial charge in [0.2, 0.25) is 0 Å². The van der Waals surface area contributed by atoms with Crippen LogP contribution in [0.15, 0.2) is 18.2 Å². The maximum Gasteiger partial charge on any atom is 0.295 e. The van der Waals surface area contributed by atoms with Crippen molar-refractivity contribution < 1.29 is 22.6 Å². The molecule has 0 aromatic heterocycles. The first kappa shape index (κ1) is 13.2. The Kier molecular flexibility index (Phi) is 3.86. The molecule has 94 valence electrons. The van der Waals surface area contributed by atoms with Crippen molar-refractivity contribution in [2.24, 2.45) is 0 Å². The van der Waals surface area contributed by atoms with E-state index in [0.717, 1.165) is 6.07 Å². The number of nitrogen functional groups attached to an aromatic ring is 1. The SMILES string of the molecule is Nc1ccc(OCCS(=O)(=O)O)cc1[N+](=O)[O-]. The second-order valence-electron chi connectivity index (χ2n) is 3.11. The summed E-state index contributed by atoms with van der Waals surface area (Å²) in [6.45, 7) is -0.306. The van der Waals surface area contributed by atoms with Crippen LogP contribution in [0.3, 0.4) is 0 Å². The van der Waals surface area contributed by atoms with Crippen molar-refractivity contribution in [3.63, 3.8) is 0 Å². The van der Waals surface area contributed by atoms with E-state index >= 15 is 0 Å². The highest BCUT2D eigenvalue weighted by Crippen LogP contribution is 2.26. The van der Waals surface area contributed by atoms with Crippen LogP contribution in [0.5, 0.6) is 5.75 Å². The van der Waals surface area contributed by atoms with E-state index in [1.165, 1.54) is 12.1 Å². The van der Waals surface area contributed by atoms with Gasteiger partial charge in [-0.05, 0) is 12.1 Å². The summed E-state index contributed by atoms with van der Waals surface area (Å²) in [4.78, 5) is 9.87. The molecule has 0 fully saturated rings. The molecule has 0 bridgehead atoms. The van der Waals surface area contributed by atoms with E-state index in [2.05, 4.69) is 0 Å². The Labute approximate surface area is 96.9 Å². The van der Waals surface area contributed by atoms with Gasteiger partial charge in [0.1, 0.15) is 23.8 Å². The molecule has 0 heterocycles. The number of anilines is 1. The molecule has 0 amide bonds. The van der Waals surface area contributed by atoms with Gasteiger partial charge in [-0.2, -0.15) is 8.42 Å². The molecule has 0 unspecified atom stereocenters. The van der Waals surface area contributed by atoms with Gasteiger partial charge in [-0.3, -0.25) is 14.7 Å². The number of nitro benzene ring substituents is 1. The Morgan fingerprint density at radius 2 is 2.12 bits per heavy atom. The molecule has 0 saturated carbocycles. The highest BCUT2D eigenvalue weighted by molar-refractivity contribution is 7.85. The van der Waals surface area contributed by atoms with Gasteiger partial charge in [0.25, 0.3) is 15.8 Å². The van der Waals surface area contributed by atoms with Gasteiger partial charge in [0.05, 0.1) is 11.0 Å². The standard InChI is InChI=1S/C8H10N2O6S/c9-7-2-1-6(5-8(7)10(11)12)16-3-4-17(13,14)15/h1-2,5H,3-4,9H2,(H,13,14,15). The normalized spacial score (nSPS) is 11.1. The molecule has 8 nitrogen and oxygen atoms in total. The third kappa shape index (κ3) is 4.25. The minimum absolute atomic E-state index is 0.0165. The molecular weight excluding hydrogens is 252 g/mol. The molecule has 1 aromatic rings. The smallest absolute Gasteiger partial charge is 0.295 e. The highest BCUT2D eigenvalue weighted by Gasteiger charge is 2.13. The van der Waals surface area contributed by atoms with Crippen LogP contribution in [0.4, 0.5) is 11.4 Å². The zero-order valence-electron chi connectivity index (χ0n) is 8.57. The Morgan fingerprint density at radius 1 is 1.47 bits per heavy atom. The lowest BCUT2D eigenvalue weighted by Gasteiger charge is -2.05. The van der Waals surface area contributed by atoms with Crippen molar-refractivity contribution in [2.75, 3.05) is 18.1 Å². The first-order valence-corrected chi connectivity index (χ1v) is 6.02. The van der Waals surface area contributed by atoms with E-state index < -0.39 is 20.8 Å². The number of nitro groups is 1. The maximum atomic E-state index is 10.5. The van der Waals surface area contributed by atoms with Gasteiger partial charge in [0.15, 0.2) is 0 Å². The van der Waals surface area contributed by atoms with Crippen molar-refractivity contribution in [3.05, 3.63) is 28.3 Å². The Hall–Kier alpha value is -1.87. The number of nitrogens with two attached hydrogens (primary N) is 1. The predicted molar refractivity (Wildman–Crippen MR) is 59.4 cm³/mol. The third-order valence-electron chi connectivity index (χ3n) is 1.81. The van der Waals surface area contributed by atoms with Crippen molar-refractivity contribution in [1.29, 1.82) is 0 Å². The van der Waals surface area contributed by atoms with Crippen LogP contribution in [0.1, 0.15) is 0 Å². The van der Waals surface area contributed by atoms with Crippen LogP contribution >= 0.6 is 0 Å². The van der Waals surface area contributed by atoms with Gasteiger partial charge in [-0.15, -0.1) is 0 Å². The summed E-state index contributed by atoms with van der Waals surface area (Å²) >= 11 is 0. The first-order valence-electron chi connectivity index (χ1n) is 4.41. The zero-order chi connectivity index (χ0) is 13.1. The fraction of sp³-hybridized carbons (Fsp3) is 0.250. The lowest BCUT2D eigenvalue weighted by atomic mass is 10.2. The van der Waals surface area contributed by atoms with E-state index in [0.29, 0.717) is 0 Å². The number of rotatable bonds is 5. The topological polar surface area (TPSA) is 133 Å². The van der Waals surface area contributed by atoms with E-state index in [9.17, 15) is 18.5 Å². The van der Waals surface area contributed by atoms with Gasteiger partial charge in [-0.1, -0.05) is 0 Å². The molecule has 3 N–H and O–H groups in total. The summed E-state index contributed by atoms with van der Waals surface area (Å²) in [5.74, 6) is -0.486. The summed E-state index contributed by atoms with van der Waals surface area (Å²) in [5.41, 5.74) is 5.01. The monoisotopic (exact) mass is 262 g/mol. The molecule has 0 atom stereocenters. The van der Waals surface area contributed by atoms with Gasteiger partial charge >= 0.3 is 0 Å². The number of hydrogen-bond acceptors (Lipinski definition) is 6. The Bertz CT molecular complexity index is 527. The zero-order valence-corrected chi connectivity index (χ0v) is 9.38. The molecule has 9 heteroatoms. The van der Waals surface area contributed by atoms with Crippen molar-refractivity contribution >= 4 is 21.5 Å². The van der Waals surface area contributed by atoms with Gasteiger partial charge in [0, 0.05) is 0 Å². The van der Waals surface area contributed by atoms with Crippen molar-refractivity contribution in [1.82, 2.24) is 0 Å². The van der Waals surface area contributed by atoms with Gasteiger partial charge < -0.3 is 10.5 Å². The highest BCUT2D eigenvalue weighted by atomic mass is 32.2. The van der Waals surface area contributed by atoms with E-state index in [4.69, 9.17) is 15.0 Å². The molecular formula is C8H10N2O6S. The molecule has 1 aromatic carbocycles. The summed E-state index contributed by atoms with van der Waals surface area (Å²) in [7, 11) is -4.11. The predicted octanol–water partition coefficient (Wildman–Crippen LogP) is 0.444. The first-order chi connectivity index (χ1) is 7.79. The van der Waals surface area contributed by atoms with Crippen LogP contribution in [-0.2, 0) is 10.1 Å². The molecule has 0 radical (unpaired) electrons. The average molecular weight is 262 g/mol. The fourth-order valence-corrected chi connectivity index (χ4v) is 1.33. The molecule has 1 rings (SSSR count). The summed E-state index contributed by atoms with van der Waals surface area (Å²) in [6.07, 6.45) is 0. The van der Waals surface area contributed by atoms with Crippen LogP contribution in [0.2, 0.25) is 0 Å². The Balaban J connectivity index is 2.73. The minimum atomic E-state index is -4.11. The van der Waals surface area contributed by atoms with E-state index in [-0.39, 0.29) is 23.7 Å². The number of hydrogen-bond donors (Lipinski definition) is 2. The molecule has 0 spiro atoms. The summed E-state index contributed by atoms with van der Waals surface area (Å²) < 4.78 is 34.2. The van der Waals surface area contributed by atoms with Crippen molar-refractivity contribution in [2.45, 2.75) is 0 Å². The largest absolute Gasteiger partial charge is 0.492 e. The Morgan fingerprint density at radius 3 is 2.65 bits per heavy atom. The van der Waals surface area contributed by atoms with Crippen LogP contribution in [0, 0.1) is 10.1 Å². The summed E-state index contributed by atoms with van der Waals surface area (Å²) in [6, 6.07) is 3.73. The second-order valence-corrected chi connectivity index (χ2v) is 4.68.